The predicted molar refractivity (Wildman–Crippen MR) is 76.3 cm³/mol. The van der Waals surface area contributed by atoms with Crippen LogP contribution < -0.4 is 5.32 Å². The first-order valence-corrected chi connectivity index (χ1v) is 8.24. The third-order valence-corrected chi connectivity index (χ3v) is 5.52. The van der Waals surface area contributed by atoms with E-state index in [1.54, 1.807) is 6.92 Å². The molecule has 2 heterocycles. The van der Waals surface area contributed by atoms with Crippen LogP contribution in [0.3, 0.4) is 0 Å². The lowest BCUT2D eigenvalue weighted by molar-refractivity contribution is -0.389. The molecule has 0 bridgehead atoms. The summed E-state index contributed by atoms with van der Waals surface area (Å²) >= 11 is 0. The quantitative estimate of drug-likeness (QED) is 0.635. The Bertz CT molecular complexity index is 596. The number of rotatable bonds is 5. The van der Waals surface area contributed by atoms with Crippen LogP contribution in [0.1, 0.15) is 19.8 Å². The maximum absolute atomic E-state index is 12.6. The first kappa shape index (κ1) is 15.8. The van der Waals surface area contributed by atoms with E-state index in [4.69, 9.17) is 0 Å². The van der Waals surface area contributed by atoms with Crippen molar-refractivity contribution in [2.75, 3.05) is 19.6 Å². The van der Waals surface area contributed by atoms with Gasteiger partial charge in [-0.05, 0) is 35.4 Å². The van der Waals surface area contributed by atoms with Crippen LogP contribution in [-0.4, -0.2) is 48.3 Å². The molecule has 1 unspecified atom stereocenters. The summed E-state index contributed by atoms with van der Waals surface area (Å²) in [7, 11) is -3.68. The number of piperidine rings is 1. The van der Waals surface area contributed by atoms with Gasteiger partial charge in [-0.1, -0.05) is 6.92 Å². The fourth-order valence-electron chi connectivity index (χ4n) is 2.47. The molecule has 1 atom stereocenters. The molecular weight excluding hydrogens is 296 g/mol. The number of nitro groups is 1. The van der Waals surface area contributed by atoms with Crippen molar-refractivity contribution in [1.29, 1.82) is 0 Å². The van der Waals surface area contributed by atoms with E-state index in [0.29, 0.717) is 13.1 Å². The van der Waals surface area contributed by atoms with Crippen LogP contribution in [0.25, 0.3) is 0 Å². The highest BCUT2D eigenvalue weighted by molar-refractivity contribution is 7.89. The minimum atomic E-state index is -3.68. The Hall–Kier alpha value is -1.58. The summed E-state index contributed by atoms with van der Waals surface area (Å²) in [5, 5.41) is 13.8. The van der Waals surface area contributed by atoms with Gasteiger partial charge in [-0.2, -0.15) is 4.31 Å². The minimum Gasteiger partial charge on any atom is -0.358 e. The Balaban J connectivity index is 2.27. The summed E-state index contributed by atoms with van der Waals surface area (Å²) in [6.45, 7) is 3.65. The lowest BCUT2D eigenvalue weighted by atomic mass is 10.1. The number of hydrogen-bond donors (Lipinski definition) is 1. The molecule has 0 saturated carbocycles. The van der Waals surface area contributed by atoms with Crippen LogP contribution in [0, 0.1) is 10.1 Å². The number of pyridine rings is 1. The van der Waals surface area contributed by atoms with Crippen molar-refractivity contribution < 1.29 is 13.3 Å². The van der Waals surface area contributed by atoms with E-state index in [-0.39, 0.29) is 16.8 Å². The number of likely N-dealkylation sites (N-methyl/N-ethyl adjacent to an activating group) is 1. The molecular formula is C12H18N4O4S. The van der Waals surface area contributed by atoms with Crippen LogP contribution in [0.2, 0.25) is 0 Å². The zero-order valence-electron chi connectivity index (χ0n) is 11.7. The third kappa shape index (κ3) is 3.36. The van der Waals surface area contributed by atoms with E-state index in [0.717, 1.165) is 31.6 Å². The summed E-state index contributed by atoms with van der Waals surface area (Å²) in [5.41, 5.74) is 0. The Morgan fingerprint density at radius 1 is 1.52 bits per heavy atom. The van der Waals surface area contributed by atoms with Crippen molar-refractivity contribution in [2.45, 2.75) is 30.7 Å². The average molecular weight is 314 g/mol. The molecule has 0 radical (unpaired) electrons. The zero-order valence-corrected chi connectivity index (χ0v) is 12.5. The Morgan fingerprint density at radius 3 is 2.76 bits per heavy atom. The van der Waals surface area contributed by atoms with Crippen LogP contribution in [0.4, 0.5) is 5.82 Å². The Morgan fingerprint density at radius 2 is 2.29 bits per heavy atom. The molecule has 1 aromatic rings. The summed E-state index contributed by atoms with van der Waals surface area (Å²) in [4.78, 5) is 13.5. The molecule has 1 aliphatic rings. The van der Waals surface area contributed by atoms with E-state index in [1.165, 1.54) is 10.4 Å². The van der Waals surface area contributed by atoms with Crippen molar-refractivity contribution in [1.82, 2.24) is 14.6 Å². The number of nitrogens with zero attached hydrogens (tertiary/aromatic N) is 3. The van der Waals surface area contributed by atoms with Gasteiger partial charge in [0.1, 0.15) is 4.90 Å². The molecule has 21 heavy (non-hydrogen) atoms. The maximum Gasteiger partial charge on any atom is 0.363 e. The minimum absolute atomic E-state index is 0.0134. The van der Waals surface area contributed by atoms with Gasteiger partial charge in [0.05, 0.1) is 0 Å². The lowest BCUT2D eigenvalue weighted by Gasteiger charge is -2.32. The first-order chi connectivity index (χ1) is 9.96. The highest BCUT2D eigenvalue weighted by atomic mass is 32.2. The summed E-state index contributed by atoms with van der Waals surface area (Å²) in [5.74, 6) is -0.365. The van der Waals surface area contributed by atoms with E-state index in [9.17, 15) is 18.5 Å². The molecule has 1 N–H and O–H groups in total. The largest absolute Gasteiger partial charge is 0.363 e. The Labute approximate surface area is 123 Å². The summed E-state index contributed by atoms with van der Waals surface area (Å²) < 4.78 is 26.7. The fraction of sp³-hybridized carbons (Fsp3) is 0.583. The molecule has 0 aromatic carbocycles. The lowest BCUT2D eigenvalue weighted by Crippen LogP contribution is -2.48. The molecule has 0 aliphatic carbocycles. The number of nitrogens with one attached hydrogen (secondary N) is 1. The van der Waals surface area contributed by atoms with Crippen LogP contribution >= 0.6 is 0 Å². The first-order valence-electron chi connectivity index (χ1n) is 6.80. The molecule has 9 heteroatoms. The van der Waals surface area contributed by atoms with Crippen molar-refractivity contribution in [3.8, 4) is 0 Å². The molecule has 1 saturated heterocycles. The summed E-state index contributed by atoms with van der Waals surface area (Å²) in [6.07, 6.45) is 2.78. The Kier molecular flexibility index (Phi) is 4.86. The monoisotopic (exact) mass is 314 g/mol. The second kappa shape index (κ2) is 6.46. The van der Waals surface area contributed by atoms with Gasteiger partial charge >= 0.3 is 5.82 Å². The molecule has 8 nitrogen and oxygen atoms in total. The van der Waals surface area contributed by atoms with Gasteiger partial charge in [-0.25, -0.2) is 8.42 Å². The van der Waals surface area contributed by atoms with Gasteiger partial charge in [0.25, 0.3) is 0 Å². The smallest absolute Gasteiger partial charge is 0.358 e. The molecule has 0 spiro atoms. The van der Waals surface area contributed by atoms with Gasteiger partial charge in [0.2, 0.25) is 10.0 Å². The normalized spacial score (nSPS) is 19.6. The van der Waals surface area contributed by atoms with Gasteiger partial charge in [-0.15, -0.1) is 0 Å². The number of aromatic nitrogens is 1. The second-order valence-corrected chi connectivity index (χ2v) is 6.71. The van der Waals surface area contributed by atoms with E-state index in [1.807, 2.05) is 0 Å². The molecule has 0 amide bonds. The third-order valence-electron chi connectivity index (χ3n) is 3.50. The highest BCUT2D eigenvalue weighted by Crippen LogP contribution is 2.22. The fourth-order valence-corrected chi connectivity index (χ4v) is 4.08. The molecule has 2 rings (SSSR count). The van der Waals surface area contributed by atoms with Crippen LogP contribution in [0.5, 0.6) is 0 Å². The van der Waals surface area contributed by atoms with Crippen molar-refractivity contribution in [3.05, 3.63) is 28.4 Å². The number of sulfonamides is 1. The van der Waals surface area contributed by atoms with Gasteiger partial charge < -0.3 is 15.4 Å². The standard InChI is InChI=1S/C12H18N4O4S/c1-2-15(10-4-3-7-13-8-10)21(19,20)11-5-6-12(14-9-11)16(17)18/h5-6,9-10,13H,2-4,7-8H2,1H3. The van der Waals surface area contributed by atoms with Crippen molar-refractivity contribution >= 4 is 15.8 Å². The van der Waals surface area contributed by atoms with Crippen LogP contribution in [-0.2, 0) is 10.0 Å². The zero-order chi connectivity index (χ0) is 15.5. The highest BCUT2D eigenvalue weighted by Gasteiger charge is 2.32. The molecule has 1 fully saturated rings. The predicted octanol–water partition coefficient (Wildman–Crippen LogP) is 0.752. The van der Waals surface area contributed by atoms with Crippen molar-refractivity contribution in [2.24, 2.45) is 0 Å². The van der Waals surface area contributed by atoms with Gasteiger partial charge in [-0.3, -0.25) is 0 Å². The molecule has 116 valence electrons. The molecule has 1 aliphatic heterocycles. The van der Waals surface area contributed by atoms with Crippen LogP contribution in [0.15, 0.2) is 23.2 Å². The van der Waals surface area contributed by atoms with Crippen molar-refractivity contribution in [3.63, 3.8) is 0 Å². The second-order valence-electron chi connectivity index (χ2n) is 4.82. The SMILES string of the molecule is CCN(C1CCCNC1)S(=O)(=O)c1ccc([N+](=O)[O-])nc1. The van der Waals surface area contributed by atoms with E-state index < -0.39 is 14.9 Å². The summed E-state index contributed by atoms with van der Waals surface area (Å²) in [6, 6.07) is 2.25. The van der Waals surface area contributed by atoms with Gasteiger partial charge in [0.15, 0.2) is 6.20 Å². The number of hydrogen-bond acceptors (Lipinski definition) is 6. The van der Waals surface area contributed by atoms with Gasteiger partial charge in [0, 0.05) is 25.2 Å². The topological polar surface area (TPSA) is 105 Å². The van der Waals surface area contributed by atoms with E-state index in [2.05, 4.69) is 10.3 Å². The van der Waals surface area contributed by atoms with E-state index >= 15 is 0 Å². The molecule has 1 aromatic heterocycles. The maximum atomic E-state index is 12.6. The average Bonchev–Trinajstić information content (AvgIpc) is 2.49.